The van der Waals surface area contributed by atoms with E-state index in [0.29, 0.717) is 28.0 Å². The monoisotopic (exact) mass is 443 g/mol. The lowest BCUT2D eigenvalue weighted by atomic mass is 10.0. The molecule has 0 aliphatic heterocycles. The predicted octanol–water partition coefficient (Wildman–Crippen LogP) is 5.00. The largest absolute Gasteiger partial charge is 0.433 e. The van der Waals surface area contributed by atoms with Crippen molar-refractivity contribution in [2.45, 2.75) is 19.3 Å². The van der Waals surface area contributed by atoms with Crippen molar-refractivity contribution in [3.05, 3.63) is 77.8 Å². The highest BCUT2D eigenvalue weighted by Gasteiger charge is 2.31. The van der Waals surface area contributed by atoms with E-state index in [2.05, 4.69) is 25.3 Å². The predicted molar refractivity (Wildman–Crippen MR) is 110 cm³/mol. The Labute approximate surface area is 180 Å². The first-order chi connectivity index (χ1) is 15.3. The van der Waals surface area contributed by atoms with Crippen LogP contribution in [0.4, 0.5) is 23.4 Å². The summed E-state index contributed by atoms with van der Waals surface area (Å²) in [6.45, 7) is 0.487. The summed E-state index contributed by atoms with van der Waals surface area (Å²) >= 11 is 0. The summed E-state index contributed by atoms with van der Waals surface area (Å²) in [6.07, 6.45) is -0.792. The average molecular weight is 443 g/mol. The molecule has 3 aromatic heterocycles. The molecular weight excluding hydrogens is 426 g/mol. The highest BCUT2D eigenvalue weighted by molar-refractivity contribution is 5.94. The zero-order valence-corrected chi connectivity index (χ0v) is 16.8. The number of hydrogen-bond acceptors (Lipinski definition) is 6. The fourth-order valence-electron chi connectivity index (χ4n) is 3.22. The standard InChI is InChI=1S/C22H17F4N5O/c1-32-11-15-6-14(18-4-3-16(23)10-27-18)7-17-20(15)30-12-31-21(17)29-9-13-2-5-19(28-8-13)22(24,25)26/h2-8,10,12H,9,11H2,1H3,(H,29,30,31). The Bertz CT molecular complexity index is 1230. The van der Waals surface area contributed by atoms with Crippen LogP contribution in [0.2, 0.25) is 0 Å². The number of pyridine rings is 2. The molecule has 6 nitrogen and oxygen atoms in total. The minimum Gasteiger partial charge on any atom is -0.380 e. The number of hydrogen-bond donors (Lipinski definition) is 1. The van der Waals surface area contributed by atoms with Gasteiger partial charge in [0.25, 0.3) is 0 Å². The smallest absolute Gasteiger partial charge is 0.380 e. The van der Waals surface area contributed by atoms with Gasteiger partial charge in [-0.25, -0.2) is 14.4 Å². The topological polar surface area (TPSA) is 72.8 Å². The second kappa shape index (κ2) is 8.83. The average Bonchev–Trinajstić information content (AvgIpc) is 2.78. The summed E-state index contributed by atoms with van der Waals surface area (Å²) in [6, 6.07) is 8.86. The lowest BCUT2D eigenvalue weighted by Gasteiger charge is -2.13. The lowest BCUT2D eigenvalue weighted by molar-refractivity contribution is -0.141. The van der Waals surface area contributed by atoms with E-state index >= 15 is 0 Å². The Hall–Kier alpha value is -3.66. The summed E-state index contributed by atoms with van der Waals surface area (Å²) in [5, 5.41) is 3.80. The molecule has 0 fully saturated rings. The fraction of sp³-hybridized carbons (Fsp3) is 0.182. The normalized spacial score (nSPS) is 11.7. The van der Waals surface area contributed by atoms with Gasteiger partial charge in [-0.15, -0.1) is 0 Å². The third-order valence-corrected chi connectivity index (χ3v) is 4.72. The molecule has 1 N–H and O–H groups in total. The lowest BCUT2D eigenvalue weighted by Crippen LogP contribution is -2.09. The molecule has 0 bridgehead atoms. The van der Waals surface area contributed by atoms with Crippen molar-refractivity contribution in [1.29, 1.82) is 0 Å². The van der Waals surface area contributed by atoms with Gasteiger partial charge in [-0.1, -0.05) is 6.07 Å². The molecule has 0 saturated carbocycles. The third-order valence-electron chi connectivity index (χ3n) is 4.72. The van der Waals surface area contributed by atoms with Crippen molar-refractivity contribution >= 4 is 16.7 Å². The number of rotatable bonds is 6. The van der Waals surface area contributed by atoms with Crippen molar-refractivity contribution in [3.8, 4) is 11.3 Å². The van der Waals surface area contributed by atoms with Crippen LogP contribution in [-0.4, -0.2) is 27.0 Å². The minimum atomic E-state index is -4.49. The quantitative estimate of drug-likeness (QED) is 0.423. The molecule has 32 heavy (non-hydrogen) atoms. The summed E-state index contributed by atoms with van der Waals surface area (Å²) in [5.74, 6) is 0.0405. The van der Waals surface area contributed by atoms with Gasteiger partial charge in [-0.2, -0.15) is 13.2 Å². The van der Waals surface area contributed by atoms with E-state index in [-0.39, 0.29) is 13.2 Å². The summed E-state index contributed by atoms with van der Waals surface area (Å²) in [7, 11) is 1.56. The summed E-state index contributed by atoms with van der Waals surface area (Å²) in [4.78, 5) is 16.2. The number of fused-ring (bicyclic) bond motifs is 1. The molecule has 4 rings (SSSR count). The number of nitrogens with one attached hydrogen (secondary N) is 1. The maximum absolute atomic E-state index is 13.3. The number of methoxy groups -OCH3 is 1. The van der Waals surface area contributed by atoms with Crippen molar-refractivity contribution in [3.63, 3.8) is 0 Å². The summed E-state index contributed by atoms with van der Waals surface area (Å²) in [5.41, 5.74) is 2.33. The van der Waals surface area contributed by atoms with E-state index < -0.39 is 17.7 Å². The van der Waals surface area contributed by atoms with E-state index in [0.717, 1.165) is 23.4 Å². The molecule has 0 saturated heterocycles. The van der Waals surface area contributed by atoms with Crippen LogP contribution >= 0.6 is 0 Å². The van der Waals surface area contributed by atoms with Crippen LogP contribution in [0.3, 0.4) is 0 Å². The molecule has 4 aromatic rings. The van der Waals surface area contributed by atoms with E-state index in [1.807, 2.05) is 12.1 Å². The van der Waals surface area contributed by atoms with Crippen LogP contribution in [0.1, 0.15) is 16.8 Å². The van der Waals surface area contributed by atoms with Crippen LogP contribution < -0.4 is 5.32 Å². The molecule has 164 valence electrons. The molecule has 0 spiro atoms. The number of aromatic nitrogens is 4. The molecule has 0 radical (unpaired) electrons. The first-order valence-electron chi connectivity index (χ1n) is 9.49. The number of anilines is 1. The number of nitrogens with zero attached hydrogens (tertiary/aromatic N) is 4. The van der Waals surface area contributed by atoms with Gasteiger partial charge in [0.15, 0.2) is 0 Å². The van der Waals surface area contributed by atoms with Crippen LogP contribution in [0.15, 0.2) is 55.1 Å². The van der Waals surface area contributed by atoms with Crippen molar-refractivity contribution in [2.24, 2.45) is 0 Å². The molecule has 0 aliphatic carbocycles. The van der Waals surface area contributed by atoms with Crippen molar-refractivity contribution in [1.82, 2.24) is 19.9 Å². The molecule has 1 aromatic carbocycles. The Morgan fingerprint density at radius 1 is 0.969 bits per heavy atom. The highest BCUT2D eigenvalue weighted by atomic mass is 19.4. The fourth-order valence-corrected chi connectivity index (χ4v) is 3.22. The second-order valence-electron chi connectivity index (χ2n) is 6.95. The van der Waals surface area contributed by atoms with E-state index in [1.165, 1.54) is 24.7 Å². The Morgan fingerprint density at radius 2 is 1.81 bits per heavy atom. The SMILES string of the molecule is COCc1cc(-c2ccc(F)cn2)cc2c(NCc3ccc(C(F)(F)F)nc3)ncnc12. The van der Waals surface area contributed by atoms with Crippen LogP contribution in [0, 0.1) is 5.82 Å². The molecule has 0 unspecified atom stereocenters. The Kier molecular flexibility index (Phi) is 5.95. The van der Waals surface area contributed by atoms with Crippen LogP contribution in [0.5, 0.6) is 0 Å². The van der Waals surface area contributed by atoms with Gasteiger partial charge >= 0.3 is 6.18 Å². The first-order valence-corrected chi connectivity index (χ1v) is 9.49. The zero-order chi connectivity index (χ0) is 22.7. The number of benzene rings is 1. The van der Waals surface area contributed by atoms with Gasteiger partial charge in [0.05, 0.1) is 24.0 Å². The van der Waals surface area contributed by atoms with Crippen LogP contribution in [-0.2, 0) is 24.1 Å². The summed E-state index contributed by atoms with van der Waals surface area (Å²) < 4.78 is 56.7. The van der Waals surface area contributed by atoms with Crippen molar-refractivity contribution in [2.75, 3.05) is 12.4 Å². The van der Waals surface area contributed by atoms with Gasteiger partial charge < -0.3 is 10.1 Å². The van der Waals surface area contributed by atoms with E-state index in [4.69, 9.17) is 4.74 Å². The van der Waals surface area contributed by atoms with Gasteiger partial charge in [-0.05, 0) is 35.9 Å². The molecule has 10 heteroatoms. The van der Waals surface area contributed by atoms with Gasteiger partial charge in [0, 0.05) is 36.4 Å². The van der Waals surface area contributed by atoms with Gasteiger partial charge in [0.2, 0.25) is 0 Å². The van der Waals surface area contributed by atoms with Crippen LogP contribution in [0.25, 0.3) is 22.2 Å². The molecule has 0 amide bonds. The molecule has 3 heterocycles. The van der Waals surface area contributed by atoms with Crippen molar-refractivity contribution < 1.29 is 22.3 Å². The zero-order valence-electron chi connectivity index (χ0n) is 16.8. The Morgan fingerprint density at radius 3 is 2.47 bits per heavy atom. The molecule has 0 atom stereocenters. The molecule has 0 aliphatic rings. The highest BCUT2D eigenvalue weighted by Crippen LogP contribution is 2.30. The maximum atomic E-state index is 13.3. The van der Waals surface area contributed by atoms with E-state index in [9.17, 15) is 17.6 Å². The Balaban J connectivity index is 1.69. The second-order valence-corrected chi connectivity index (χ2v) is 6.95. The third kappa shape index (κ3) is 4.65. The number of alkyl halides is 3. The first kappa shape index (κ1) is 21.6. The number of halogens is 4. The maximum Gasteiger partial charge on any atom is 0.433 e. The van der Waals surface area contributed by atoms with Gasteiger partial charge in [-0.3, -0.25) is 9.97 Å². The molecular formula is C22H17F4N5O. The minimum absolute atomic E-state index is 0.204. The van der Waals surface area contributed by atoms with Gasteiger partial charge in [0.1, 0.15) is 23.7 Å². The van der Waals surface area contributed by atoms with E-state index in [1.54, 1.807) is 13.2 Å². The number of ether oxygens (including phenoxy) is 1.